The summed E-state index contributed by atoms with van der Waals surface area (Å²) < 4.78 is 2.23. The fourth-order valence-electron chi connectivity index (χ4n) is 1.54. The van der Waals surface area contributed by atoms with Gasteiger partial charge in [-0.15, -0.1) is 11.3 Å². The number of benzene rings is 1. The van der Waals surface area contributed by atoms with Crippen LogP contribution in [0.3, 0.4) is 0 Å². The molecule has 0 atom stereocenters. The molecule has 3 aromatic rings. The molecule has 0 N–H and O–H groups in total. The molecule has 0 aliphatic rings. The summed E-state index contributed by atoms with van der Waals surface area (Å²) in [5.41, 5.74) is 0. The maximum Gasteiger partial charge on any atom is 0.141 e. The molecule has 0 saturated carbocycles. The summed E-state index contributed by atoms with van der Waals surface area (Å²) in [4.78, 5) is 9.15. The molecule has 3 rings (SSSR count). The quantitative estimate of drug-likeness (QED) is 0.580. The van der Waals surface area contributed by atoms with Crippen LogP contribution in [0, 0.1) is 0 Å². The van der Waals surface area contributed by atoms with E-state index < -0.39 is 0 Å². The van der Waals surface area contributed by atoms with Crippen LogP contribution in [-0.2, 0) is 0 Å². The number of hydrogen-bond acceptors (Lipinski definition) is 3. The summed E-state index contributed by atoms with van der Waals surface area (Å²) in [5, 5.41) is 2.59. The predicted molar refractivity (Wildman–Crippen MR) is 67.6 cm³/mol. The summed E-state index contributed by atoms with van der Waals surface area (Å²) in [6.07, 6.45) is 1.50. The van der Waals surface area contributed by atoms with Gasteiger partial charge in [-0.2, -0.15) is 0 Å². The summed E-state index contributed by atoms with van der Waals surface area (Å²) in [6, 6.07) is 6.10. The first-order valence-corrected chi connectivity index (χ1v) is 6.23. The lowest BCUT2D eigenvalue weighted by Crippen LogP contribution is -1.78. The van der Waals surface area contributed by atoms with Crippen molar-refractivity contribution in [2.24, 2.45) is 0 Å². The van der Waals surface area contributed by atoms with Gasteiger partial charge in [-0.25, -0.2) is 9.97 Å². The van der Waals surface area contributed by atoms with E-state index in [9.17, 15) is 0 Å². The molecule has 2 heterocycles. The SMILES string of the molecule is Clc1ncnc2sc3cc(Br)ccc3c12. The van der Waals surface area contributed by atoms with E-state index in [-0.39, 0.29) is 0 Å². The number of aromatic nitrogens is 2. The van der Waals surface area contributed by atoms with Gasteiger partial charge in [0.15, 0.2) is 0 Å². The molecule has 0 radical (unpaired) electrons. The highest BCUT2D eigenvalue weighted by Gasteiger charge is 2.09. The van der Waals surface area contributed by atoms with E-state index in [4.69, 9.17) is 11.6 Å². The van der Waals surface area contributed by atoms with Crippen molar-refractivity contribution >= 4 is 59.2 Å². The lowest BCUT2D eigenvalue weighted by atomic mass is 10.2. The number of rotatable bonds is 0. The maximum absolute atomic E-state index is 6.06. The number of thiophene rings is 1. The lowest BCUT2D eigenvalue weighted by molar-refractivity contribution is 1.24. The zero-order chi connectivity index (χ0) is 10.4. The molecule has 0 unspecified atom stereocenters. The third-order valence-electron chi connectivity index (χ3n) is 2.19. The highest BCUT2D eigenvalue weighted by Crippen LogP contribution is 2.36. The first-order valence-electron chi connectivity index (χ1n) is 4.24. The van der Waals surface area contributed by atoms with E-state index in [2.05, 4.69) is 32.0 Å². The van der Waals surface area contributed by atoms with Crippen LogP contribution in [0.25, 0.3) is 20.3 Å². The third kappa shape index (κ3) is 1.44. The molecule has 2 nitrogen and oxygen atoms in total. The molecular formula is C10H4BrClN2S. The maximum atomic E-state index is 6.06. The lowest BCUT2D eigenvalue weighted by Gasteiger charge is -1.93. The molecule has 0 fully saturated rings. The van der Waals surface area contributed by atoms with Crippen LogP contribution in [0.15, 0.2) is 29.0 Å². The molecule has 0 amide bonds. The standard InChI is InChI=1S/C10H4BrClN2S/c11-5-1-2-6-7(3-5)15-10-8(6)9(12)13-4-14-10/h1-4H. The zero-order valence-electron chi connectivity index (χ0n) is 7.37. The van der Waals surface area contributed by atoms with Crippen molar-refractivity contribution in [3.8, 4) is 0 Å². The second-order valence-electron chi connectivity index (χ2n) is 3.09. The van der Waals surface area contributed by atoms with Gasteiger partial charge in [-0.05, 0) is 12.1 Å². The Hall–Kier alpha value is -0.710. The minimum Gasteiger partial charge on any atom is -0.225 e. The first-order chi connectivity index (χ1) is 7.25. The van der Waals surface area contributed by atoms with Gasteiger partial charge < -0.3 is 0 Å². The summed E-state index contributed by atoms with van der Waals surface area (Å²) in [7, 11) is 0. The Morgan fingerprint density at radius 1 is 1.27 bits per heavy atom. The molecule has 0 saturated heterocycles. The Morgan fingerprint density at radius 2 is 2.13 bits per heavy atom. The van der Waals surface area contributed by atoms with Crippen molar-refractivity contribution in [2.45, 2.75) is 0 Å². The van der Waals surface area contributed by atoms with Crippen LogP contribution in [-0.4, -0.2) is 9.97 Å². The van der Waals surface area contributed by atoms with Gasteiger partial charge in [-0.3, -0.25) is 0 Å². The van der Waals surface area contributed by atoms with Gasteiger partial charge in [-0.1, -0.05) is 33.6 Å². The highest BCUT2D eigenvalue weighted by molar-refractivity contribution is 9.10. The second-order valence-corrected chi connectivity index (χ2v) is 5.39. The van der Waals surface area contributed by atoms with Gasteiger partial charge >= 0.3 is 0 Å². The molecule has 5 heteroatoms. The number of nitrogens with zero attached hydrogens (tertiary/aromatic N) is 2. The molecule has 0 aliphatic carbocycles. The van der Waals surface area contributed by atoms with Crippen LogP contribution in [0.4, 0.5) is 0 Å². The van der Waals surface area contributed by atoms with E-state index >= 15 is 0 Å². The molecule has 0 bridgehead atoms. The minimum absolute atomic E-state index is 0.522. The topological polar surface area (TPSA) is 25.8 Å². The van der Waals surface area contributed by atoms with Crippen LogP contribution >= 0.6 is 38.9 Å². The van der Waals surface area contributed by atoms with Crippen molar-refractivity contribution in [3.05, 3.63) is 34.2 Å². The summed E-state index contributed by atoms with van der Waals surface area (Å²) in [5.74, 6) is 0. The monoisotopic (exact) mass is 298 g/mol. The number of fused-ring (bicyclic) bond motifs is 3. The van der Waals surface area contributed by atoms with E-state index in [0.717, 1.165) is 20.1 Å². The van der Waals surface area contributed by atoms with Crippen LogP contribution in [0.5, 0.6) is 0 Å². The first kappa shape index (κ1) is 9.51. The Kier molecular flexibility index (Phi) is 2.16. The summed E-state index contributed by atoms with van der Waals surface area (Å²) >= 11 is 11.1. The molecule has 2 aromatic heterocycles. The number of halogens is 2. The Morgan fingerprint density at radius 3 is 3.00 bits per heavy atom. The molecule has 1 aromatic carbocycles. The van der Waals surface area contributed by atoms with E-state index in [0.29, 0.717) is 5.15 Å². The van der Waals surface area contributed by atoms with Gasteiger partial charge in [0, 0.05) is 14.6 Å². The smallest absolute Gasteiger partial charge is 0.141 e. The predicted octanol–water partition coefficient (Wildman–Crippen LogP) is 4.26. The number of hydrogen-bond donors (Lipinski definition) is 0. The van der Waals surface area contributed by atoms with Crippen LogP contribution < -0.4 is 0 Å². The van der Waals surface area contributed by atoms with Crippen molar-refractivity contribution < 1.29 is 0 Å². The average molecular weight is 300 g/mol. The normalized spacial score (nSPS) is 11.3. The third-order valence-corrected chi connectivity index (χ3v) is 4.03. The van der Waals surface area contributed by atoms with Crippen molar-refractivity contribution in [2.75, 3.05) is 0 Å². The van der Waals surface area contributed by atoms with Gasteiger partial charge in [0.1, 0.15) is 16.3 Å². The minimum atomic E-state index is 0.522. The fourth-order valence-corrected chi connectivity index (χ4v) is 3.43. The van der Waals surface area contributed by atoms with E-state index in [1.54, 1.807) is 11.3 Å². The Balaban J connectivity index is 2.59. The van der Waals surface area contributed by atoms with Crippen LogP contribution in [0.1, 0.15) is 0 Å². The molecular weight excluding hydrogens is 296 g/mol. The zero-order valence-corrected chi connectivity index (χ0v) is 10.5. The van der Waals surface area contributed by atoms with Crippen molar-refractivity contribution in [1.82, 2.24) is 9.97 Å². The van der Waals surface area contributed by atoms with E-state index in [1.165, 1.54) is 11.0 Å². The fraction of sp³-hybridized carbons (Fsp3) is 0. The Labute approximate surface area is 103 Å². The van der Waals surface area contributed by atoms with Gasteiger partial charge in [0.2, 0.25) is 0 Å². The largest absolute Gasteiger partial charge is 0.225 e. The highest BCUT2D eigenvalue weighted by atomic mass is 79.9. The van der Waals surface area contributed by atoms with Crippen molar-refractivity contribution in [3.63, 3.8) is 0 Å². The van der Waals surface area contributed by atoms with Gasteiger partial charge in [0.25, 0.3) is 0 Å². The molecule has 74 valence electrons. The molecule has 0 spiro atoms. The van der Waals surface area contributed by atoms with Crippen molar-refractivity contribution in [1.29, 1.82) is 0 Å². The molecule has 0 aliphatic heterocycles. The van der Waals surface area contributed by atoms with Gasteiger partial charge in [0.05, 0.1) is 5.39 Å². The summed E-state index contributed by atoms with van der Waals surface area (Å²) in [6.45, 7) is 0. The Bertz CT molecular complexity index is 665. The van der Waals surface area contributed by atoms with Crippen LogP contribution in [0.2, 0.25) is 5.15 Å². The molecule has 15 heavy (non-hydrogen) atoms. The van der Waals surface area contributed by atoms with E-state index in [1.807, 2.05) is 12.1 Å². The second kappa shape index (κ2) is 3.40. The average Bonchev–Trinajstić information content (AvgIpc) is 2.56.